The molecule has 0 spiro atoms. The van der Waals surface area contributed by atoms with Crippen LogP contribution >= 0.6 is 0 Å². The van der Waals surface area contributed by atoms with Crippen molar-refractivity contribution in [2.24, 2.45) is 0 Å². The molecule has 6 nitrogen and oxygen atoms in total. The van der Waals surface area contributed by atoms with Crippen molar-refractivity contribution in [2.45, 2.75) is 0 Å². The number of methoxy groups -OCH3 is 1. The predicted octanol–water partition coefficient (Wildman–Crippen LogP) is 3.74. The molecule has 4 aromatic rings. The van der Waals surface area contributed by atoms with Gasteiger partial charge in [-0.2, -0.15) is 0 Å². The molecule has 0 radical (unpaired) electrons. The first-order valence-corrected chi connectivity index (χ1v) is 8.33. The molecular weight excluding hydrogens is 346 g/mol. The SMILES string of the molecule is COc1cc(C(=O)N(C)OC)cc2c(=O)oc3c4ccccc4ccc3c12. The molecule has 1 aromatic heterocycles. The van der Waals surface area contributed by atoms with Crippen LogP contribution in [0.5, 0.6) is 5.75 Å². The van der Waals surface area contributed by atoms with Crippen LogP contribution in [0.4, 0.5) is 0 Å². The van der Waals surface area contributed by atoms with Crippen molar-refractivity contribution in [1.82, 2.24) is 5.06 Å². The summed E-state index contributed by atoms with van der Waals surface area (Å²) in [5, 5.41) is 4.54. The van der Waals surface area contributed by atoms with Gasteiger partial charge in [-0.05, 0) is 23.6 Å². The number of carbonyl (C=O) groups is 1. The molecule has 0 atom stereocenters. The van der Waals surface area contributed by atoms with Crippen LogP contribution in [0.15, 0.2) is 57.7 Å². The van der Waals surface area contributed by atoms with Crippen LogP contribution in [0.25, 0.3) is 32.5 Å². The number of fused-ring (bicyclic) bond motifs is 5. The molecule has 0 unspecified atom stereocenters. The lowest BCUT2D eigenvalue weighted by Crippen LogP contribution is -2.25. The van der Waals surface area contributed by atoms with Gasteiger partial charge in [0.25, 0.3) is 5.91 Å². The molecule has 0 aliphatic heterocycles. The molecule has 6 heteroatoms. The highest BCUT2D eigenvalue weighted by molar-refractivity contribution is 6.16. The highest BCUT2D eigenvalue weighted by Crippen LogP contribution is 2.35. The van der Waals surface area contributed by atoms with E-state index in [1.807, 2.05) is 36.4 Å². The van der Waals surface area contributed by atoms with E-state index in [1.165, 1.54) is 27.3 Å². The van der Waals surface area contributed by atoms with Gasteiger partial charge in [0.15, 0.2) is 0 Å². The van der Waals surface area contributed by atoms with Crippen molar-refractivity contribution >= 4 is 38.4 Å². The standard InChI is InChI=1S/C21H17NO5/c1-22(26-3)20(23)13-10-16-18(17(11-13)25-2)15-9-8-12-6-4-5-7-14(12)19(15)27-21(16)24/h4-11H,1-3H3. The Morgan fingerprint density at radius 1 is 1.00 bits per heavy atom. The topological polar surface area (TPSA) is 69.0 Å². The molecule has 0 aliphatic rings. The zero-order valence-corrected chi connectivity index (χ0v) is 15.1. The van der Waals surface area contributed by atoms with Gasteiger partial charge in [-0.15, -0.1) is 0 Å². The van der Waals surface area contributed by atoms with Crippen LogP contribution in [0.1, 0.15) is 10.4 Å². The Balaban J connectivity index is 2.13. The third-order valence-electron chi connectivity index (χ3n) is 4.69. The maximum atomic E-state index is 12.7. The minimum atomic E-state index is -0.526. The molecule has 0 bridgehead atoms. The summed E-state index contributed by atoms with van der Waals surface area (Å²) >= 11 is 0. The first-order valence-electron chi connectivity index (χ1n) is 8.33. The van der Waals surface area contributed by atoms with E-state index in [0.717, 1.165) is 21.2 Å². The molecule has 1 heterocycles. The van der Waals surface area contributed by atoms with Crippen molar-refractivity contribution in [3.63, 3.8) is 0 Å². The lowest BCUT2D eigenvalue weighted by atomic mass is 10.0. The molecule has 0 saturated carbocycles. The van der Waals surface area contributed by atoms with Gasteiger partial charge < -0.3 is 9.15 Å². The summed E-state index contributed by atoms with van der Waals surface area (Å²) in [5.74, 6) is 0.0317. The molecule has 0 fully saturated rings. The number of hydroxylamine groups is 2. The average Bonchev–Trinajstić information content (AvgIpc) is 2.71. The minimum absolute atomic E-state index is 0.274. The second-order valence-electron chi connectivity index (χ2n) is 6.14. The molecule has 3 aromatic carbocycles. The zero-order valence-electron chi connectivity index (χ0n) is 15.1. The molecule has 1 amide bonds. The third kappa shape index (κ3) is 2.62. The predicted molar refractivity (Wildman–Crippen MR) is 103 cm³/mol. The van der Waals surface area contributed by atoms with E-state index in [0.29, 0.717) is 16.7 Å². The van der Waals surface area contributed by atoms with Crippen molar-refractivity contribution in [3.8, 4) is 5.75 Å². The Hall–Kier alpha value is -3.38. The van der Waals surface area contributed by atoms with Crippen LogP contribution in [0.2, 0.25) is 0 Å². The summed E-state index contributed by atoms with van der Waals surface area (Å²) in [6.45, 7) is 0. The van der Waals surface area contributed by atoms with Gasteiger partial charge in [-0.1, -0.05) is 30.3 Å². The first kappa shape index (κ1) is 17.1. The van der Waals surface area contributed by atoms with Gasteiger partial charge in [0.2, 0.25) is 0 Å². The zero-order chi connectivity index (χ0) is 19.1. The fourth-order valence-electron chi connectivity index (χ4n) is 3.30. The van der Waals surface area contributed by atoms with Crippen LogP contribution in [0, 0.1) is 0 Å². The monoisotopic (exact) mass is 363 g/mol. The number of hydrogen-bond donors (Lipinski definition) is 0. The van der Waals surface area contributed by atoms with Gasteiger partial charge in [0.05, 0.1) is 19.6 Å². The fourth-order valence-corrected chi connectivity index (χ4v) is 3.30. The van der Waals surface area contributed by atoms with E-state index in [2.05, 4.69) is 0 Å². The molecule has 27 heavy (non-hydrogen) atoms. The molecule has 136 valence electrons. The van der Waals surface area contributed by atoms with Gasteiger partial charge in [-0.3, -0.25) is 9.63 Å². The Morgan fingerprint density at radius 3 is 2.52 bits per heavy atom. The van der Waals surface area contributed by atoms with E-state index >= 15 is 0 Å². The first-order chi connectivity index (χ1) is 13.0. The van der Waals surface area contributed by atoms with E-state index in [-0.39, 0.29) is 10.9 Å². The number of amides is 1. The number of carbonyl (C=O) groups excluding carboxylic acids is 1. The molecule has 0 saturated heterocycles. The summed E-state index contributed by atoms with van der Waals surface area (Å²) < 4.78 is 11.2. The molecule has 0 aliphatic carbocycles. The minimum Gasteiger partial charge on any atom is -0.496 e. The Bertz CT molecular complexity index is 1260. The van der Waals surface area contributed by atoms with E-state index in [9.17, 15) is 9.59 Å². The van der Waals surface area contributed by atoms with Crippen LogP contribution in [0.3, 0.4) is 0 Å². The summed E-state index contributed by atoms with van der Waals surface area (Å²) in [6, 6.07) is 14.7. The highest BCUT2D eigenvalue weighted by Gasteiger charge is 2.19. The van der Waals surface area contributed by atoms with Crippen molar-refractivity contribution in [1.29, 1.82) is 0 Å². The lowest BCUT2D eigenvalue weighted by Gasteiger charge is -2.15. The quantitative estimate of drug-likeness (QED) is 0.315. The maximum Gasteiger partial charge on any atom is 0.344 e. The number of ether oxygens (including phenoxy) is 1. The van der Waals surface area contributed by atoms with Crippen molar-refractivity contribution in [3.05, 3.63) is 64.5 Å². The summed E-state index contributed by atoms with van der Waals surface area (Å²) in [6.07, 6.45) is 0. The molecule has 0 N–H and O–H groups in total. The largest absolute Gasteiger partial charge is 0.496 e. The van der Waals surface area contributed by atoms with Crippen molar-refractivity contribution in [2.75, 3.05) is 21.3 Å². The average molecular weight is 363 g/mol. The summed E-state index contributed by atoms with van der Waals surface area (Å²) in [7, 11) is 4.39. The van der Waals surface area contributed by atoms with E-state index < -0.39 is 11.5 Å². The normalized spacial score (nSPS) is 11.2. The van der Waals surface area contributed by atoms with Gasteiger partial charge in [0, 0.05) is 28.8 Å². The van der Waals surface area contributed by atoms with Crippen LogP contribution < -0.4 is 10.4 Å². The second kappa shape index (κ2) is 6.41. The van der Waals surface area contributed by atoms with Gasteiger partial charge >= 0.3 is 5.63 Å². The number of nitrogens with zero attached hydrogens (tertiary/aromatic N) is 1. The van der Waals surface area contributed by atoms with Crippen LogP contribution in [-0.2, 0) is 4.84 Å². The van der Waals surface area contributed by atoms with Gasteiger partial charge in [-0.25, -0.2) is 9.86 Å². The fraction of sp³-hybridized carbons (Fsp3) is 0.143. The smallest absolute Gasteiger partial charge is 0.344 e. The maximum absolute atomic E-state index is 12.7. The van der Waals surface area contributed by atoms with Crippen molar-refractivity contribution < 1.29 is 18.8 Å². The second-order valence-corrected chi connectivity index (χ2v) is 6.14. The Morgan fingerprint density at radius 2 is 1.78 bits per heavy atom. The van der Waals surface area contributed by atoms with E-state index in [1.54, 1.807) is 6.07 Å². The number of benzene rings is 3. The lowest BCUT2D eigenvalue weighted by molar-refractivity contribution is -0.0756. The highest BCUT2D eigenvalue weighted by atomic mass is 16.7. The molecular formula is C21H17NO5. The Kier molecular flexibility index (Phi) is 4.05. The molecule has 4 rings (SSSR count). The number of rotatable bonds is 3. The Labute approximate surface area is 154 Å². The third-order valence-corrected chi connectivity index (χ3v) is 4.69. The van der Waals surface area contributed by atoms with E-state index in [4.69, 9.17) is 14.0 Å². The summed E-state index contributed by atoms with van der Waals surface area (Å²) in [4.78, 5) is 30.1. The summed E-state index contributed by atoms with van der Waals surface area (Å²) in [5.41, 5.74) is 0.245. The van der Waals surface area contributed by atoms with Crippen LogP contribution in [-0.4, -0.2) is 32.2 Å². The van der Waals surface area contributed by atoms with Gasteiger partial charge in [0.1, 0.15) is 11.3 Å². The number of hydrogen-bond acceptors (Lipinski definition) is 5.